The van der Waals surface area contributed by atoms with Gasteiger partial charge in [0, 0.05) is 48.3 Å². The molecule has 2 unspecified atom stereocenters. The largest absolute Gasteiger partial charge is 0.349 e. The van der Waals surface area contributed by atoms with Crippen LogP contribution >= 0.6 is 11.8 Å². The van der Waals surface area contributed by atoms with Crippen LogP contribution in [0, 0.1) is 0 Å². The van der Waals surface area contributed by atoms with Crippen LogP contribution in [0.25, 0.3) is 11.1 Å². The Hall–Kier alpha value is -2.63. The fourth-order valence-corrected chi connectivity index (χ4v) is 4.62. The van der Waals surface area contributed by atoms with Gasteiger partial charge in [-0.1, -0.05) is 24.8 Å². The summed E-state index contributed by atoms with van der Waals surface area (Å²) in [5.74, 6) is 1.84. The first kappa shape index (κ1) is 17.8. The number of pyridine rings is 1. The van der Waals surface area contributed by atoms with E-state index in [2.05, 4.69) is 10.3 Å². The third-order valence-corrected chi connectivity index (χ3v) is 6.13. The Bertz CT molecular complexity index is 987. The molecule has 1 amide bonds. The van der Waals surface area contributed by atoms with Gasteiger partial charge in [0.2, 0.25) is 5.91 Å². The Morgan fingerprint density at radius 1 is 1.44 bits per heavy atom. The number of nitrogens with one attached hydrogen (secondary N) is 1. The van der Waals surface area contributed by atoms with Gasteiger partial charge in [-0.15, -0.1) is 0 Å². The molecule has 138 valence electrons. The number of carbonyl (C=O) groups excluding carboxylic acids is 2. The minimum Gasteiger partial charge on any atom is -0.349 e. The number of carbonyl (C=O) groups is 1. The molecule has 1 aromatic carbocycles. The second-order valence-corrected chi connectivity index (χ2v) is 7.65. The third-order valence-electron chi connectivity index (χ3n) is 5.04. The van der Waals surface area contributed by atoms with Crippen molar-refractivity contribution in [3.8, 4) is 11.1 Å². The van der Waals surface area contributed by atoms with Crippen molar-refractivity contribution in [2.24, 2.45) is 0 Å². The molecule has 0 saturated heterocycles. The molecule has 0 radical (unpaired) electrons. The number of benzene rings is 1. The van der Waals surface area contributed by atoms with Crippen LogP contribution in [0.3, 0.4) is 0 Å². The van der Waals surface area contributed by atoms with Gasteiger partial charge in [-0.2, -0.15) is 0 Å². The number of alkyl halides is 1. The molecule has 27 heavy (non-hydrogen) atoms. The van der Waals surface area contributed by atoms with Crippen LogP contribution in [0.5, 0.6) is 0 Å². The Kier molecular flexibility index (Phi) is 4.50. The van der Waals surface area contributed by atoms with Gasteiger partial charge in [-0.3, -0.25) is 9.78 Å². The van der Waals surface area contributed by atoms with Crippen molar-refractivity contribution in [3.05, 3.63) is 46.7 Å². The van der Waals surface area contributed by atoms with E-state index in [4.69, 9.17) is 0 Å². The van der Waals surface area contributed by atoms with Crippen LogP contribution in [0.1, 0.15) is 43.1 Å². The van der Waals surface area contributed by atoms with E-state index in [-0.39, 0.29) is 18.4 Å². The molecular weight excluding hydrogens is 365 g/mol. The van der Waals surface area contributed by atoms with Crippen LogP contribution < -0.4 is 10.2 Å². The van der Waals surface area contributed by atoms with Crippen molar-refractivity contribution in [1.29, 1.82) is 0 Å². The lowest BCUT2D eigenvalue weighted by Crippen LogP contribution is -2.26. The average Bonchev–Trinajstić information content (AvgIpc) is 3.18. The van der Waals surface area contributed by atoms with Gasteiger partial charge in [-0.25, -0.2) is 9.18 Å². The van der Waals surface area contributed by atoms with Gasteiger partial charge in [0.15, 0.2) is 11.0 Å². The van der Waals surface area contributed by atoms with Crippen LogP contribution in [-0.2, 0) is 9.59 Å². The lowest BCUT2D eigenvalue weighted by Gasteiger charge is -2.14. The Balaban J connectivity index is 1.75. The van der Waals surface area contributed by atoms with Gasteiger partial charge in [0.25, 0.3) is 0 Å². The molecule has 4 rings (SSSR count). The molecule has 1 N–H and O–H groups in total. The Morgan fingerprint density at radius 2 is 2.26 bits per heavy atom. The fraction of sp³-hybridized carbons (Fsp3) is 0.300. The molecule has 2 aliphatic rings. The van der Waals surface area contributed by atoms with Crippen LogP contribution in [0.4, 0.5) is 10.1 Å². The second-order valence-electron chi connectivity index (χ2n) is 6.62. The predicted molar refractivity (Wildman–Crippen MR) is 103 cm³/mol. The maximum atomic E-state index is 14.9. The van der Waals surface area contributed by atoms with Gasteiger partial charge in [0.05, 0.1) is 11.7 Å². The quantitative estimate of drug-likeness (QED) is 0.814. The standard InChI is InChI=1S/C20H18FN3O2S/c1-3-18(26)23-15-7-14(21)20-12(8-22-9-13(15)20)11-4-5-16-17(6-11)27-19(10-25)24(16)2/h4-6,8-9,14-15H,3,7H2,1-2H3,(H,23,26). The second kappa shape index (κ2) is 6.83. The maximum Gasteiger partial charge on any atom is 0.220 e. The molecule has 1 aromatic heterocycles. The summed E-state index contributed by atoms with van der Waals surface area (Å²) in [4.78, 5) is 29.8. The number of thioether (sulfide) groups is 1. The number of halogens is 1. The Morgan fingerprint density at radius 3 is 3.00 bits per heavy atom. The lowest BCUT2D eigenvalue weighted by molar-refractivity contribution is -0.121. The highest BCUT2D eigenvalue weighted by atomic mass is 32.2. The number of amides is 1. The van der Waals surface area contributed by atoms with Crippen molar-refractivity contribution in [2.45, 2.75) is 36.9 Å². The molecular formula is C20H18FN3O2S. The van der Waals surface area contributed by atoms with E-state index in [1.54, 1.807) is 24.2 Å². The number of anilines is 1. The van der Waals surface area contributed by atoms with Crippen LogP contribution in [0.15, 0.2) is 40.5 Å². The van der Waals surface area contributed by atoms with E-state index in [9.17, 15) is 14.0 Å². The van der Waals surface area contributed by atoms with Gasteiger partial charge in [0.1, 0.15) is 6.17 Å². The summed E-state index contributed by atoms with van der Waals surface area (Å²) < 4.78 is 14.9. The zero-order valence-electron chi connectivity index (χ0n) is 15.0. The number of fused-ring (bicyclic) bond motifs is 2. The summed E-state index contributed by atoms with van der Waals surface area (Å²) in [5.41, 5.74) is 3.82. The first-order valence-corrected chi connectivity index (χ1v) is 9.57. The van der Waals surface area contributed by atoms with Crippen LogP contribution in [-0.4, -0.2) is 23.9 Å². The average molecular weight is 383 g/mol. The number of hydrogen-bond donors (Lipinski definition) is 1. The van der Waals surface area contributed by atoms with Crippen molar-refractivity contribution in [1.82, 2.24) is 10.3 Å². The SMILES string of the molecule is CCC(=O)NC1CC(F)c2c(-c3ccc4c(c3)SC(=C=O)N4C)cncc21. The summed E-state index contributed by atoms with van der Waals surface area (Å²) in [5, 5.41) is 3.38. The highest BCUT2D eigenvalue weighted by molar-refractivity contribution is 8.04. The topological polar surface area (TPSA) is 62.3 Å². The summed E-state index contributed by atoms with van der Waals surface area (Å²) in [6, 6.07) is 5.42. The summed E-state index contributed by atoms with van der Waals surface area (Å²) in [6.07, 6.45) is 2.73. The number of hydrogen-bond acceptors (Lipinski definition) is 5. The minimum atomic E-state index is -1.16. The molecule has 7 heteroatoms. The first-order chi connectivity index (χ1) is 13.0. The fourth-order valence-electron chi connectivity index (χ4n) is 3.64. The van der Waals surface area contributed by atoms with Crippen molar-refractivity contribution in [3.63, 3.8) is 0 Å². The third kappa shape index (κ3) is 2.93. The molecule has 0 spiro atoms. The zero-order chi connectivity index (χ0) is 19.1. The lowest BCUT2D eigenvalue weighted by atomic mass is 9.98. The molecule has 1 aliphatic carbocycles. The normalized spacial score (nSPS) is 20.3. The molecule has 2 aromatic rings. The summed E-state index contributed by atoms with van der Waals surface area (Å²) in [6.45, 7) is 1.77. The molecule has 0 fully saturated rings. The van der Waals surface area contributed by atoms with E-state index in [0.29, 0.717) is 17.0 Å². The van der Waals surface area contributed by atoms with Gasteiger partial charge < -0.3 is 10.2 Å². The van der Waals surface area contributed by atoms with E-state index in [0.717, 1.165) is 27.3 Å². The predicted octanol–water partition coefficient (Wildman–Crippen LogP) is 3.95. The number of aromatic nitrogens is 1. The van der Waals surface area contributed by atoms with E-state index in [1.807, 2.05) is 31.2 Å². The van der Waals surface area contributed by atoms with E-state index >= 15 is 0 Å². The van der Waals surface area contributed by atoms with Crippen LogP contribution in [0.2, 0.25) is 0 Å². The molecule has 1 aliphatic heterocycles. The maximum absolute atomic E-state index is 14.9. The summed E-state index contributed by atoms with van der Waals surface area (Å²) >= 11 is 1.35. The zero-order valence-corrected chi connectivity index (χ0v) is 15.8. The van der Waals surface area contributed by atoms with Crippen molar-refractivity contribution < 1.29 is 14.0 Å². The van der Waals surface area contributed by atoms with E-state index < -0.39 is 6.17 Å². The van der Waals surface area contributed by atoms with E-state index in [1.165, 1.54) is 11.8 Å². The Labute approximate surface area is 160 Å². The molecule has 5 nitrogen and oxygen atoms in total. The molecule has 2 heterocycles. The smallest absolute Gasteiger partial charge is 0.220 e. The highest BCUT2D eigenvalue weighted by Gasteiger charge is 2.35. The number of rotatable bonds is 3. The molecule has 0 bridgehead atoms. The van der Waals surface area contributed by atoms with Gasteiger partial charge >= 0.3 is 0 Å². The summed E-state index contributed by atoms with van der Waals surface area (Å²) in [7, 11) is 1.82. The number of nitrogens with zero attached hydrogens (tertiary/aromatic N) is 2. The first-order valence-electron chi connectivity index (χ1n) is 8.75. The van der Waals surface area contributed by atoms with Gasteiger partial charge in [-0.05, 0) is 23.3 Å². The van der Waals surface area contributed by atoms with Crippen molar-refractivity contribution in [2.75, 3.05) is 11.9 Å². The highest BCUT2D eigenvalue weighted by Crippen LogP contribution is 2.48. The van der Waals surface area contributed by atoms with Crippen molar-refractivity contribution >= 4 is 29.3 Å². The monoisotopic (exact) mass is 383 g/mol. The molecule has 0 saturated carbocycles. The minimum absolute atomic E-state index is 0.101. The molecule has 2 atom stereocenters.